The molecule has 1 aromatic rings. The number of unbranched alkanes of at least 4 members (excludes halogenated alkanes) is 2. The average molecular weight is 358 g/mol. The molecule has 0 fully saturated rings. The fraction of sp³-hybridized carbons (Fsp3) is 0.500. The Hall–Kier alpha value is -2.23. The van der Waals surface area contributed by atoms with Crippen LogP contribution in [0.4, 0.5) is 0 Å². The van der Waals surface area contributed by atoms with Gasteiger partial charge in [-0.1, -0.05) is 31.4 Å². The second-order valence-corrected chi connectivity index (χ2v) is 7.23. The van der Waals surface area contributed by atoms with E-state index in [1.807, 2.05) is 13.0 Å². The number of aromatic hydroxyl groups is 1. The van der Waals surface area contributed by atoms with Crippen molar-refractivity contribution in [1.29, 1.82) is 0 Å². The van der Waals surface area contributed by atoms with Crippen LogP contribution in [0.15, 0.2) is 23.3 Å². The molecule has 0 amide bonds. The van der Waals surface area contributed by atoms with Crippen molar-refractivity contribution in [2.75, 3.05) is 0 Å². The van der Waals surface area contributed by atoms with E-state index in [1.165, 1.54) is 5.57 Å². The smallest absolute Gasteiger partial charge is 0.339 e. The largest absolute Gasteiger partial charge is 0.506 e. The lowest BCUT2D eigenvalue weighted by Gasteiger charge is -2.26. The van der Waals surface area contributed by atoms with Gasteiger partial charge in [0, 0.05) is 0 Å². The molecule has 0 spiro atoms. The second kappa shape index (κ2) is 8.93. The van der Waals surface area contributed by atoms with Crippen LogP contribution in [0, 0.1) is 0 Å². The fourth-order valence-electron chi connectivity index (χ4n) is 3.32. The number of fused-ring (bicyclic) bond motifs is 1. The van der Waals surface area contributed by atoms with Crippen LogP contribution < -0.4 is 4.74 Å². The van der Waals surface area contributed by atoms with Crippen LogP contribution in [-0.2, 0) is 6.42 Å². The molecule has 0 aliphatic carbocycles. The van der Waals surface area contributed by atoms with Gasteiger partial charge in [-0.25, -0.2) is 4.79 Å². The molecular weight excluding hydrogens is 328 g/mol. The van der Waals surface area contributed by atoms with E-state index in [0.717, 1.165) is 37.7 Å². The summed E-state index contributed by atoms with van der Waals surface area (Å²) in [5.41, 5.74) is 3.49. The number of rotatable bonds is 8. The van der Waals surface area contributed by atoms with Gasteiger partial charge in [-0.3, -0.25) is 0 Å². The van der Waals surface area contributed by atoms with Gasteiger partial charge in [-0.05, 0) is 69.7 Å². The Labute approximate surface area is 156 Å². The summed E-state index contributed by atoms with van der Waals surface area (Å²) in [6, 6.07) is 1.80. The number of aromatic carboxylic acids is 1. The first kappa shape index (κ1) is 20.1. The molecule has 1 aliphatic rings. The van der Waals surface area contributed by atoms with E-state index in [4.69, 9.17) is 4.74 Å². The van der Waals surface area contributed by atoms with Crippen molar-refractivity contribution in [3.8, 4) is 11.5 Å². The number of phenols is 1. The third kappa shape index (κ3) is 4.69. The molecule has 2 rings (SSSR count). The zero-order valence-electron chi connectivity index (χ0n) is 16.3. The number of carbonyl (C=O) groups is 1. The Morgan fingerprint density at radius 2 is 2.00 bits per heavy atom. The SMILES string of the molecule is CCCCCc1cc2c(c(O)c1C(=O)O)C=C(CCC=C(C)C)C(C)O2. The minimum absolute atomic E-state index is 0.0119. The molecule has 1 heterocycles. The van der Waals surface area contributed by atoms with E-state index >= 15 is 0 Å². The van der Waals surface area contributed by atoms with E-state index in [2.05, 4.69) is 26.8 Å². The van der Waals surface area contributed by atoms with Gasteiger partial charge in [-0.15, -0.1) is 0 Å². The maximum atomic E-state index is 11.7. The normalized spacial score (nSPS) is 15.7. The molecular formula is C22H30O4. The molecule has 1 aromatic carbocycles. The molecule has 1 atom stereocenters. The first-order valence-electron chi connectivity index (χ1n) is 9.47. The number of carboxylic acid groups (broad SMARTS) is 1. The Kier molecular flexibility index (Phi) is 6.90. The summed E-state index contributed by atoms with van der Waals surface area (Å²) in [6.45, 7) is 8.23. The summed E-state index contributed by atoms with van der Waals surface area (Å²) in [4.78, 5) is 11.7. The van der Waals surface area contributed by atoms with Gasteiger partial charge in [0.1, 0.15) is 23.2 Å². The summed E-state index contributed by atoms with van der Waals surface area (Å²) in [7, 11) is 0. The topological polar surface area (TPSA) is 66.8 Å². The Morgan fingerprint density at radius 1 is 1.27 bits per heavy atom. The van der Waals surface area contributed by atoms with E-state index in [-0.39, 0.29) is 17.4 Å². The highest BCUT2D eigenvalue weighted by Crippen LogP contribution is 2.41. The van der Waals surface area contributed by atoms with Crippen molar-refractivity contribution in [2.24, 2.45) is 0 Å². The maximum Gasteiger partial charge on any atom is 0.339 e. The van der Waals surface area contributed by atoms with Crippen LogP contribution >= 0.6 is 0 Å². The molecule has 26 heavy (non-hydrogen) atoms. The summed E-state index contributed by atoms with van der Waals surface area (Å²) < 4.78 is 6.02. The van der Waals surface area contributed by atoms with E-state index in [0.29, 0.717) is 23.3 Å². The van der Waals surface area contributed by atoms with Crippen molar-refractivity contribution in [3.05, 3.63) is 40.0 Å². The monoisotopic (exact) mass is 358 g/mol. The zero-order chi connectivity index (χ0) is 19.3. The quantitative estimate of drug-likeness (QED) is 0.460. The van der Waals surface area contributed by atoms with Crippen molar-refractivity contribution >= 4 is 12.0 Å². The molecule has 0 aromatic heterocycles. The highest BCUT2D eigenvalue weighted by molar-refractivity contribution is 5.95. The molecule has 142 valence electrons. The van der Waals surface area contributed by atoms with Crippen molar-refractivity contribution in [1.82, 2.24) is 0 Å². The first-order chi connectivity index (χ1) is 12.3. The Bertz CT molecular complexity index is 724. The number of hydrogen-bond donors (Lipinski definition) is 2. The maximum absolute atomic E-state index is 11.7. The van der Waals surface area contributed by atoms with E-state index in [1.54, 1.807) is 6.07 Å². The van der Waals surface area contributed by atoms with Crippen LogP contribution in [0.2, 0.25) is 0 Å². The van der Waals surface area contributed by atoms with Crippen LogP contribution in [0.25, 0.3) is 6.08 Å². The molecule has 4 heteroatoms. The van der Waals surface area contributed by atoms with Gasteiger partial charge in [0.25, 0.3) is 0 Å². The third-order valence-corrected chi connectivity index (χ3v) is 4.79. The fourth-order valence-corrected chi connectivity index (χ4v) is 3.32. The predicted octanol–water partition coefficient (Wildman–Crippen LogP) is 5.73. The van der Waals surface area contributed by atoms with E-state index < -0.39 is 5.97 Å². The molecule has 2 N–H and O–H groups in total. The number of benzene rings is 1. The van der Waals surface area contributed by atoms with Crippen LogP contribution in [0.3, 0.4) is 0 Å². The number of ether oxygens (including phenoxy) is 1. The number of aryl methyl sites for hydroxylation is 1. The lowest BCUT2D eigenvalue weighted by Crippen LogP contribution is -2.20. The average Bonchev–Trinajstić information content (AvgIpc) is 2.55. The molecule has 0 radical (unpaired) electrons. The number of hydrogen-bond acceptors (Lipinski definition) is 3. The molecule has 1 aliphatic heterocycles. The number of carboxylic acids is 1. The van der Waals surface area contributed by atoms with Crippen molar-refractivity contribution < 1.29 is 19.7 Å². The second-order valence-electron chi connectivity index (χ2n) is 7.23. The van der Waals surface area contributed by atoms with Gasteiger partial charge in [0.05, 0.1) is 5.56 Å². The van der Waals surface area contributed by atoms with Crippen molar-refractivity contribution in [2.45, 2.75) is 72.3 Å². The predicted molar refractivity (Wildman–Crippen MR) is 105 cm³/mol. The summed E-state index contributed by atoms with van der Waals surface area (Å²) in [6.07, 6.45) is 9.34. The summed E-state index contributed by atoms with van der Waals surface area (Å²) in [5, 5.41) is 20.2. The molecule has 0 bridgehead atoms. The lowest BCUT2D eigenvalue weighted by molar-refractivity contribution is 0.0692. The van der Waals surface area contributed by atoms with E-state index in [9.17, 15) is 15.0 Å². The molecule has 0 saturated heterocycles. The van der Waals surface area contributed by atoms with Gasteiger partial charge >= 0.3 is 5.97 Å². The minimum atomic E-state index is -1.09. The van der Waals surface area contributed by atoms with Crippen molar-refractivity contribution in [3.63, 3.8) is 0 Å². The van der Waals surface area contributed by atoms with Crippen LogP contribution in [0.5, 0.6) is 11.5 Å². The summed E-state index contributed by atoms with van der Waals surface area (Å²) in [5.74, 6) is -0.680. The number of allylic oxidation sites excluding steroid dienone is 2. The van der Waals surface area contributed by atoms with Gasteiger partial charge in [-0.2, -0.15) is 0 Å². The molecule has 0 saturated carbocycles. The minimum Gasteiger partial charge on any atom is -0.506 e. The van der Waals surface area contributed by atoms with Crippen LogP contribution in [-0.4, -0.2) is 22.3 Å². The highest BCUT2D eigenvalue weighted by Gasteiger charge is 2.26. The Balaban J connectivity index is 2.39. The van der Waals surface area contributed by atoms with Gasteiger partial charge in [0.15, 0.2) is 0 Å². The van der Waals surface area contributed by atoms with Crippen LogP contribution in [0.1, 0.15) is 81.3 Å². The Morgan fingerprint density at radius 3 is 2.62 bits per heavy atom. The summed E-state index contributed by atoms with van der Waals surface area (Å²) >= 11 is 0. The van der Waals surface area contributed by atoms with Gasteiger partial charge in [0.2, 0.25) is 0 Å². The molecule has 4 nitrogen and oxygen atoms in total. The van der Waals surface area contributed by atoms with Gasteiger partial charge < -0.3 is 14.9 Å². The third-order valence-electron chi connectivity index (χ3n) is 4.79. The highest BCUT2D eigenvalue weighted by atomic mass is 16.5. The first-order valence-corrected chi connectivity index (χ1v) is 9.47. The standard InChI is InChI=1S/C22H30O4/c1-5-6-7-10-17-13-19-18(21(23)20(17)22(24)25)12-16(15(4)26-19)11-8-9-14(2)3/h9,12-13,15,23H,5-8,10-11H2,1-4H3,(H,24,25). The zero-order valence-corrected chi connectivity index (χ0v) is 16.3. The molecule has 1 unspecified atom stereocenters. The lowest BCUT2D eigenvalue weighted by atomic mass is 9.92.